The van der Waals surface area contributed by atoms with Crippen molar-refractivity contribution in [1.29, 1.82) is 0 Å². The minimum Gasteiger partial charge on any atom is -0.475 e. The monoisotopic (exact) mass is 438 g/mol. The first kappa shape index (κ1) is 23.2. The second kappa shape index (κ2) is 10.2. The number of pyridine rings is 1. The number of carboxylic acid groups (broad SMARTS) is 1. The molecule has 31 heavy (non-hydrogen) atoms. The van der Waals surface area contributed by atoms with E-state index in [1.54, 1.807) is 0 Å². The van der Waals surface area contributed by atoms with E-state index in [0.29, 0.717) is 12.6 Å². The normalized spacial score (nSPS) is 23.6. The number of aromatic nitrogens is 1. The summed E-state index contributed by atoms with van der Waals surface area (Å²) < 4.78 is 43.7. The van der Waals surface area contributed by atoms with Crippen LogP contribution in [0.1, 0.15) is 18.5 Å². The predicted octanol–water partition coefficient (Wildman–Crippen LogP) is 3.80. The van der Waals surface area contributed by atoms with E-state index in [-0.39, 0.29) is 12.2 Å². The molecular weight excluding hydrogens is 413 g/mol. The van der Waals surface area contributed by atoms with E-state index in [0.717, 1.165) is 43.7 Å². The van der Waals surface area contributed by atoms with E-state index in [9.17, 15) is 13.2 Å². The number of benzene rings is 1. The first-order chi connectivity index (χ1) is 14.8. The second-order valence-electron chi connectivity index (χ2n) is 7.41. The number of hydrogen-bond donors (Lipinski definition) is 1. The molecule has 0 radical (unpaired) electrons. The fourth-order valence-corrected chi connectivity index (χ4v) is 3.96. The van der Waals surface area contributed by atoms with Crippen LogP contribution < -0.4 is 0 Å². The number of rotatable bonds is 5. The SMILES string of the molecule is C=CCO[C@H]1CC[C@H]2[C@H]1OCCN2Cc1ccc2ccccc2n1.O=C(O)C(F)(F)F. The summed E-state index contributed by atoms with van der Waals surface area (Å²) in [6.07, 6.45) is -0.711. The fourth-order valence-electron chi connectivity index (χ4n) is 3.96. The van der Waals surface area contributed by atoms with Gasteiger partial charge in [0, 0.05) is 24.5 Å². The molecule has 1 N–H and O–H groups in total. The van der Waals surface area contributed by atoms with Crippen LogP contribution in [-0.2, 0) is 20.8 Å². The van der Waals surface area contributed by atoms with Crippen molar-refractivity contribution >= 4 is 16.9 Å². The number of carboxylic acids is 1. The second-order valence-corrected chi connectivity index (χ2v) is 7.41. The van der Waals surface area contributed by atoms with Crippen LogP contribution in [-0.4, -0.2) is 65.1 Å². The highest BCUT2D eigenvalue weighted by Crippen LogP contribution is 2.33. The van der Waals surface area contributed by atoms with Crippen LogP contribution in [0.3, 0.4) is 0 Å². The van der Waals surface area contributed by atoms with Crippen molar-refractivity contribution in [1.82, 2.24) is 9.88 Å². The molecule has 168 valence electrons. The summed E-state index contributed by atoms with van der Waals surface area (Å²) in [4.78, 5) is 16.2. The molecule has 9 heteroatoms. The lowest BCUT2D eigenvalue weighted by molar-refractivity contribution is -0.192. The van der Waals surface area contributed by atoms with Gasteiger partial charge in [-0.3, -0.25) is 9.88 Å². The molecule has 2 aromatic rings. The van der Waals surface area contributed by atoms with Crippen molar-refractivity contribution in [2.75, 3.05) is 19.8 Å². The van der Waals surface area contributed by atoms with E-state index in [1.165, 1.54) is 5.39 Å². The van der Waals surface area contributed by atoms with Crippen LogP contribution >= 0.6 is 0 Å². The van der Waals surface area contributed by atoms with Gasteiger partial charge in [-0.15, -0.1) is 6.58 Å². The third-order valence-corrected chi connectivity index (χ3v) is 5.34. The number of hydrogen-bond acceptors (Lipinski definition) is 5. The van der Waals surface area contributed by atoms with E-state index in [2.05, 4.69) is 41.8 Å². The molecule has 6 nitrogen and oxygen atoms in total. The Morgan fingerprint density at radius 2 is 2.03 bits per heavy atom. The Morgan fingerprint density at radius 3 is 2.74 bits per heavy atom. The molecule has 0 bridgehead atoms. The van der Waals surface area contributed by atoms with Crippen molar-refractivity contribution in [2.24, 2.45) is 0 Å². The minimum atomic E-state index is -5.08. The molecule has 1 saturated carbocycles. The standard InChI is InChI=1S/C20H24N2O2.C2HF3O2/c1-2-12-23-19-10-9-18-20(19)24-13-11-22(18)14-16-8-7-15-5-3-4-6-17(15)21-16;3-2(4,5)1(6)7/h2-8,18-20H,1,9-14H2;(H,6,7)/t18-,19-,20+;/m0./s1. The molecule has 2 aliphatic rings. The number of aliphatic carboxylic acids is 1. The molecule has 0 spiro atoms. The van der Waals surface area contributed by atoms with Gasteiger partial charge in [0.25, 0.3) is 0 Å². The molecule has 1 saturated heterocycles. The van der Waals surface area contributed by atoms with Crippen LogP contribution in [0.2, 0.25) is 0 Å². The van der Waals surface area contributed by atoms with Gasteiger partial charge in [0.1, 0.15) is 0 Å². The van der Waals surface area contributed by atoms with Gasteiger partial charge in [-0.1, -0.05) is 30.3 Å². The van der Waals surface area contributed by atoms with E-state index in [1.807, 2.05) is 12.1 Å². The van der Waals surface area contributed by atoms with Crippen LogP contribution in [0, 0.1) is 0 Å². The van der Waals surface area contributed by atoms with E-state index in [4.69, 9.17) is 24.4 Å². The van der Waals surface area contributed by atoms with E-state index < -0.39 is 12.1 Å². The Labute approximate surface area is 178 Å². The number of nitrogens with zero attached hydrogens (tertiary/aromatic N) is 2. The Hall–Kier alpha value is -2.49. The van der Waals surface area contributed by atoms with Crippen molar-refractivity contribution in [3.8, 4) is 0 Å². The smallest absolute Gasteiger partial charge is 0.475 e. The van der Waals surface area contributed by atoms with Gasteiger partial charge in [0.2, 0.25) is 0 Å². The zero-order valence-corrected chi connectivity index (χ0v) is 16.9. The maximum atomic E-state index is 10.6. The zero-order valence-electron chi connectivity index (χ0n) is 16.9. The summed E-state index contributed by atoms with van der Waals surface area (Å²) in [5.41, 5.74) is 2.20. The number of para-hydroxylation sites is 1. The lowest BCUT2D eigenvalue weighted by Gasteiger charge is -2.38. The van der Waals surface area contributed by atoms with Crippen molar-refractivity contribution in [3.63, 3.8) is 0 Å². The van der Waals surface area contributed by atoms with Crippen LogP contribution in [0.25, 0.3) is 10.9 Å². The van der Waals surface area contributed by atoms with E-state index >= 15 is 0 Å². The quantitative estimate of drug-likeness (QED) is 0.716. The number of halogens is 3. The Kier molecular flexibility index (Phi) is 7.64. The summed E-state index contributed by atoms with van der Waals surface area (Å²) in [6.45, 7) is 6.94. The highest BCUT2D eigenvalue weighted by atomic mass is 19.4. The van der Waals surface area contributed by atoms with Crippen LogP contribution in [0.15, 0.2) is 49.1 Å². The molecule has 2 fully saturated rings. The summed E-state index contributed by atoms with van der Waals surface area (Å²) in [5.74, 6) is -2.76. The zero-order chi connectivity index (χ0) is 22.4. The van der Waals surface area contributed by atoms with Crippen LogP contribution in [0.4, 0.5) is 13.2 Å². The lowest BCUT2D eigenvalue weighted by Crippen LogP contribution is -2.51. The maximum absolute atomic E-state index is 10.6. The summed E-state index contributed by atoms with van der Waals surface area (Å²) in [6, 6.07) is 13.0. The number of ether oxygens (including phenoxy) is 2. The summed E-state index contributed by atoms with van der Waals surface area (Å²) in [5, 5.41) is 8.32. The Balaban J connectivity index is 0.000000339. The van der Waals surface area contributed by atoms with Crippen molar-refractivity contribution < 1.29 is 32.5 Å². The van der Waals surface area contributed by atoms with Gasteiger partial charge in [-0.05, 0) is 25.0 Å². The third kappa shape index (κ3) is 6.03. The van der Waals surface area contributed by atoms with Gasteiger partial charge in [0.15, 0.2) is 0 Å². The van der Waals surface area contributed by atoms with Gasteiger partial charge in [0.05, 0.1) is 36.6 Å². The third-order valence-electron chi connectivity index (χ3n) is 5.34. The van der Waals surface area contributed by atoms with Crippen LogP contribution in [0.5, 0.6) is 0 Å². The first-order valence-corrected chi connectivity index (χ1v) is 10.0. The summed E-state index contributed by atoms with van der Waals surface area (Å²) in [7, 11) is 0. The molecule has 0 amide bonds. The molecule has 1 aromatic heterocycles. The average molecular weight is 438 g/mol. The summed E-state index contributed by atoms with van der Waals surface area (Å²) >= 11 is 0. The lowest BCUT2D eigenvalue weighted by atomic mass is 10.1. The fraction of sp³-hybridized carbons (Fsp3) is 0.455. The van der Waals surface area contributed by atoms with Crippen molar-refractivity contribution in [3.05, 3.63) is 54.7 Å². The molecular formula is C22H25F3N2O4. The Bertz CT molecular complexity index is 906. The van der Waals surface area contributed by atoms with Gasteiger partial charge >= 0.3 is 12.1 Å². The number of alkyl halides is 3. The largest absolute Gasteiger partial charge is 0.490 e. The molecule has 1 aliphatic heterocycles. The average Bonchev–Trinajstić information content (AvgIpc) is 3.16. The Morgan fingerprint density at radius 1 is 1.29 bits per heavy atom. The highest BCUT2D eigenvalue weighted by Gasteiger charge is 2.43. The first-order valence-electron chi connectivity index (χ1n) is 10.0. The van der Waals surface area contributed by atoms with Gasteiger partial charge < -0.3 is 14.6 Å². The van der Waals surface area contributed by atoms with Crippen molar-refractivity contribution in [2.45, 2.75) is 43.8 Å². The molecule has 2 heterocycles. The molecule has 1 aromatic carbocycles. The van der Waals surface area contributed by atoms with Gasteiger partial charge in [-0.2, -0.15) is 13.2 Å². The topological polar surface area (TPSA) is 71.9 Å². The number of fused-ring (bicyclic) bond motifs is 2. The number of carbonyl (C=O) groups is 1. The molecule has 4 rings (SSSR count). The molecule has 0 unspecified atom stereocenters. The number of morpholine rings is 1. The predicted molar refractivity (Wildman–Crippen MR) is 109 cm³/mol. The molecule has 3 atom stereocenters. The molecule has 1 aliphatic carbocycles. The minimum absolute atomic E-state index is 0.180. The maximum Gasteiger partial charge on any atom is 0.490 e. The van der Waals surface area contributed by atoms with Gasteiger partial charge in [-0.25, -0.2) is 4.79 Å². The highest BCUT2D eigenvalue weighted by molar-refractivity contribution is 5.78.